The van der Waals surface area contributed by atoms with Crippen LogP contribution in [0.1, 0.15) is 28.1 Å². The predicted molar refractivity (Wildman–Crippen MR) is 94.4 cm³/mol. The van der Waals surface area contributed by atoms with E-state index in [4.69, 9.17) is 0 Å². The highest BCUT2D eigenvalue weighted by Gasteiger charge is 2.36. The molecular formula is C17H22N4O2S. The molecular weight excluding hydrogens is 324 g/mol. The topological polar surface area (TPSA) is 69.6 Å². The molecule has 1 unspecified atom stereocenters. The Bertz CT molecular complexity index is 706. The monoisotopic (exact) mass is 346 g/mol. The maximum Gasteiger partial charge on any atom is 0.263 e. The number of carbonyl (C=O) groups excluding carboxylic acids is 1. The molecule has 1 fully saturated rings. The lowest BCUT2D eigenvalue weighted by atomic mass is 9.92. The molecule has 1 aliphatic heterocycles. The number of hydrogen-bond donors (Lipinski definition) is 1. The lowest BCUT2D eigenvalue weighted by Crippen LogP contribution is -2.55. The third-order valence-corrected chi connectivity index (χ3v) is 5.25. The van der Waals surface area contributed by atoms with Crippen molar-refractivity contribution >= 4 is 23.2 Å². The summed E-state index contributed by atoms with van der Waals surface area (Å²) in [6.07, 6.45) is 4.90. The van der Waals surface area contributed by atoms with Crippen molar-refractivity contribution in [2.24, 2.45) is 0 Å². The van der Waals surface area contributed by atoms with Gasteiger partial charge in [0.05, 0.1) is 23.6 Å². The summed E-state index contributed by atoms with van der Waals surface area (Å²) in [6, 6.07) is 3.66. The Kier molecular flexibility index (Phi) is 4.82. The third kappa shape index (κ3) is 3.73. The number of hydrogen-bond acceptors (Lipinski definition) is 6. The van der Waals surface area contributed by atoms with E-state index in [1.807, 2.05) is 23.3 Å². The van der Waals surface area contributed by atoms with E-state index in [2.05, 4.69) is 9.97 Å². The van der Waals surface area contributed by atoms with Gasteiger partial charge in [-0.15, -0.1) is 11.3 Å². The third-order valence-electron chi connectivity index (χ3n) is 4.21. The van der Waals surface area contributed by atoms with Crippen molar-refractivity contribution in [3.8, 4) is 0 Å². The molecule has 128 valence electrons. The fraction of sp³-hybridized carbons (Fsp3) is 0.471. The second-order valence-corrected chi connectivity index (χ2v) is 7.36. The van der Waals surface area contributed by atoms with Crippen LogP contribution in [0.2, 0.25) is 0 Å². The standard InChI is InChI=1S/C17H22N4O2S/c1-13-9-14(24-10-13)15(22)20(2)11-17(23)5-3-8-21(12-17)16-18-6-4-7-19-16/h4,6-7,9-10,23H,3,5,8,11-12H2,1-2H3. The fourth-order valence-electron chi connectivity index (χ4n) is 3.11. The Hall–Kier alpha value is -1.99. The number of likely N-dealkylation sites (N-methyl/N-ethyl adjacent to an activating group) is 1. The highest BCUT2D eigenvalue weighted by atomic mass is 32.1. The second-order valence-electron chi connectivity index (χ2n) is 6.45. The zero-order valence-electron chi connectivity index (χ0n) is 14.0. The van der Waals surface area contributed by atoms with E-state index < -0.39 is 5.60 Å². The minimum Gasteiger partial charge on any atom is -0.386 e. The number of piperidine rings is 1. The van der Waals surface area contributed by atoms with Crippen molar-refractivity contribution in [1.82, 2.24) is 14.9 Å². The number of aryl methyl sites for hydroxylation is 1. The first-order valence-electron chi connectivity index (χ1n) is 8.02. The fourth-order valence-corrected chi connectivity index (χ4v) is 4.00. The molecule has 24 heavy (non-hydrogen) atoms. The van der Waals surface area contributed by atoms with Crippen molar-refractivity contribution in [3.05, 3.63) is 40.3 Å². The Morgan fingerprint density at radius 1 is 1.46 bits per heavy atom. The smallest absolute Gasteiger partial charge is 0.263 e. The number of carbonyl (C=O) groups is 1. The quantitative estimate of drug-likeness (QED) is 0.916. The van der Waals surface area contributed by atoms with Gasteiger partial charge in [0, 0.05) is 26.0 Å². The van der Waals surface area contributed by atoms with Crippen LogP contribution in [-0.4, -0.2) is 58.2 Å². The maximum atomic E-state index is 12.5. The molecule has 7 heteroatoms. The van der Waals surface area contributed by atoms with Crippen LogP contribution < -0.4 is 4.90 Å². The normalized spacial score (nSPS) is 20.9. The predicted octanol–water partition coefficient (Wildman–Crippen LogP) is 1.95. The van der Waals surface area contributed by atoms with Crippen LogP contribution in [-0.2, 0) is 0 Å². The molecule has 0 aromatic carbocycles. The highest BCUT2D eigenvalue weighted by Crippen LogP contribution is 2.25. The summed E-state index contributed by atoms with van der Waals surface area (Å²) in [5.74, 6) is 0.577. The van der Waals surface area contributed by atoms with Crippen molar-refractivity contribution in [3.63, 3.8) is 0 Å². The van der Waals surface area contributed by atoms with E-state index in [0.717, 1.165) is 18.5 Å². The number of anilines is 1. The van der Waals surface area contributed by atoms with Crippen LogP contribution in [0.5, 0.6) is 0 Å². The molecule has 1 aliphatic rings. The van der Waals surface area contributed by atoms with Gasteiger partial charge in [-0.05, 0) is 42.8 Å². The zero-order valence-corrected chi connectivity index (χ0v) is 14.8. The van der Waals surface area contributed by atoms with Gasteiger partial charge in [0.2, 0.25) is 5.95 Å². The summed E-state index contributed by atoms with van der Waals surface area (Å²) >= 11 is 1.44. The van der Waals surface area contributed by atoms with E-state index in [-0.39, 0.29) is 5.91 Å². The summed E-state index contributed by atoms with van der Waals surface area (Å²) in [5.41, 5.74) is 0.134. The van der Waals surface area contributed by atoms with E-state index >= 15 is 0 Å². The molecule has 1 saturated heterocycles. The Morgan fingerprint density at radius 3 is 2.88 bits per heavy atom. The first-order valence-corrected chi connectivity index (χ1v) is 8.90. The number of β-amino-alcohol motifs (C(OH)–C–C–N with tert-alkyl or cyclic N) is 1. The number of rotatable bonds is 4. The van der Waals surface area contributed by atoms with Gasteiger partial charge in [-0.2, -0.15) is 0 Å². The maximum absolute atomic E-state index is 12.5. The molecule has 1 atom stereocenters. The van der Waals surface area contributed by atoms with Crippen LogP contribution in [0, 0.1) is 6.92 Å². The summed E-state index contributed by atoms with van der Waals surface area (Å²) < 4.78 is 0. The molecule has 3 rings (SSSR count). The van der Waals surface area contributed by atoms with Gasteiger partial charge in [-0.3, -0.25) is 4.79 Å². The van der Waals surface area contributed by atoms with Crippen LogP contribution in [0.4, 0.5) is 5.95 Å². The highest BCUT2D eigenvalue weighted by molar-refractivity contribution is 7.12. The SMILES string of the molecule is Cc1csc(C(=O)N(C)CC2(O)CCCN(c3ncccn3)C2)c1. The molecule has 0 spiro atoms. The van der Waals surface area contributed by atoms with E-state index in [9.17, 15) is 9.90 Å². The minimum atomic E-state index is -0.950. The first-order chi connectivity index (χ1) is 11.5. The molecule has 6 nitrogen and oxygen atoms in total. The average Bonchev–Trinajstić information content (AvgIpc) is 3.01. The van der Waals surface area contributed by atoms with Gasteiger partial charge in [-0.1, -0.05) is 0 Å². The Morgan fingerprint density at radius 2 is 2.21 bits per heavy atom. The summed E-state index contributed by atoms with van der Waals surface area (Å²) in [4.78, 5) is 25.3. The summed E-state index contributed by atoms with van der Waals surface area (Å²) in [5, 5.41) is 12.9. The number of aliphatic hydroxyl groups is 1. The largest absolute Gasteiger partial charge is 0.386 e. The van der Waals surface area contributed by atoms with E-state index in [1.165, 1.54) is 11.3 Å². The van der Waals surface area contributed by atoms with Crippen molar-refractivity contribution < 1.29 is 9.90 Å². The number of nitrogens with zero attached hydrogens (tertiary/aromatic N) is 4. The Balaban J connectivity index is 1.67. The van der Waals surface area contributed by atoms with Gasteiger partial charge in [-0.25, -0.2) is 9.97 Å². The molecule has 1 N–H and O–H groups in total. The number of amides is 1. The van der Waals surface area contributed by atoms with Crippen molar-refractivity contribution in [1.29, 1.82) is 0 Å². The molecule has 0 bridgehead atoms. The zero-order chi connectivity index (χ0) is 17.2. The lowest BCUT2D eigenvalue weighted by molar-refractivity contribution is -0.000173. The van der Waals surface area contributed by atoms with E-state index in [1.54, 1.807) is 30.4 Å². The van der Waals surface area contributed by atoms with Crippen LogP contribution in [0.25, 0.3) is 0 Å². The van der Waals surface area contributed by atoms with Crippen LogP contribution in [0.15, 0.2) is 29.9 Å². The number of aromatic nitrogens is 2. The molecule has 1 amide bonds. The minimum absolute atomic E-state index is 0.0467. The van der Waals surface area contributed by atoms with Gasteiger partial charge >= 0.3 is 0 Å². The molecule has 2 aromatic rings. The molecule has 3 heterocycles. The van der Waals surface area contributed by atoms with Crippen LogP contribution >= 0.6 is 11.3 Å². The van der Waals surface area contributed by atoms with Gasteiger partial charge in [0.1, 0.15) is 0 Å². The number of thiophene rings is 1. The van der Waals surface area contributed by atoms with Crippen molar-refractivity contribution in [2.45, 2.75) is 25.4 Å². The van der Waals surface area contributed by atoms with Gasteiger partial charge in [0.15, 0.2) is 0 Å². The molecule has 0 radical (unpaired) electrons. The van der Waals surface area contributed by atoms with Crippen molar-refractivity contribution in [2.75, 3.05) is 31.6 Å². The molecule has 0 saturated carbocycles. The average molecular weight is 346 g/mol. The van der Waals surface area contributed by atoms with Gasteiger partial charge in [0.25, 0.3) is 5.91 Å². The summed E-state index contributed by atoms with van der Waals surface area (Å²) in [6.45, 7) is 3.51. The Labute approximate surface area is 145 Å². The van der Waals surface area contributed by atoms with Crippen LogP contribution in [0.3, 0.4) is 0 Å². The van der Waals surface area contributed by atoms with Gasteiger partial charge < -0.3 is 14.9 Å². The molecule has 0 aliphatic carbocycles. The lowest BCUT2D eigenvalue weighted by Gasteiger charge is -2.41. The second kappa shape index (κ2) is 6.86. The summed E-state index contributed by atoms with van der Waals surface area (Å²) in [7, 11) is 1.74. The first kappa shape index (κ1) is 16.9. The van der Waals surface area contributed by atoms with E-state index in [0.29, 0.717) is 30.3 Å². The molecule has 2 aromatic heterocycles.